The van der Waals surface area contributed by atoms with Crippen LogP contribution in [-0.2, 0) is 0 Å². The molecule has 0 saturated carbocycles. The van der Waals surface area contributed by atoms with Gasteiger partial charge in [0.15, 0.2) is 0 Å². The van der Waals surface area contributed by atoms with Gasteiger partial charge in [-0.1, -0.05) is 109 Å². The summed E-state index contributed by atoms with van der Waals surface area (Å²) in [5.74, 6) is 0.340. The monoisotopic (exact) mass is 390 g/mol. The van der Waals surface area contributed by atoms with Crippen molar-refractivity contribution in [1.82, 2.24) is 10.3 Å². The number of amides is 1. The molecule has 0 aliphatic heterocycles. The number of unbranched alkanes of at least 4 members (excludes halogenated alkanes) is 15. The molecule has 4 heteroatoms. The minimum atomic E-state index is -0.417. The largest absolute Gasteiger partial charge is 0.413 e. The molecule has 28 heavy (non-hydrogen) atoms. The van der Waals surface area contributed by atoms with Crippen molar-refractivity contribution in [1.29, 1.82) is 0 Å². The van der Waals surface area contributed by atoms with Gasteiger partial charge < -0.3 is 10.1 Å². The second-order valence-electron chi connectivity index (χ2n) is 7.79. The molecular weight excluding hydrogens is 348 g/mol. The Hall–Kier alpha value is -1.58. The Morgan fingerprint density at radius 2 is 1.29 bits per heavy atom. The molecule has 0 fully saturated rings. The highest BCUT2D eigenvalue weighted by Gasteiger charge is 2.03. The average molecular weight is 391 g/mol. The van der Waals surface area contributed by atoms with Gasteiger partial charge >= 0.3 is 6.09 Å². The quantitative estimate of drug-likeness (QED) is 0.265. The van der Waals surface area contributed by atoms with Gasteiger partial charge in [0.05, 0.1) is 0 Å². The summed E-state index contributed by atoms with van der Waals surface area (Å²) in [5.41, 5.74) is 0. The van der Waals surface area contributed by atoms with Crippen molar-refractivity contribution in [2.45, 2.75) is 110 Å². The van der Waals surface area contributed by atoms with Crippen LogP contribution < -0.4 is 10.1 Å². The molecule has 0 saturated heterocycles. The van der Waals surface area contributed by atoms with E-state index in [0.717, 1.165) is 6.42 Å². The number of nitrogens with one attached hydrogen (secondary N) is 1. The van der Waals surface area contributed by atoms with E-state index in [9.17, 15) is 4.79 Å². The first-order chi connectivity index (χ1) is 13.8. The minimum Gasteiger partial charge on any atom is -0.391 e. The van der Waals surface area contributed by atoms with Crippen LogP contribution >= 0.6 is 0 Å². The van der Waals surface area contributed by atoms with Crippen molar-refractivity contribution in [3.63, 3.8) is 0 Å². The Morgan fingerprint density at radius 1 is 0.786 bits per heavy atom. The van der Waals surface area contributed by atoms with E-state index in [1.165, 1.54) is 96.3 Å². The maximum atomic E-state index is 11.6. The molecule has 0 radical (unpaired) electrons. The highest BCUT2D eigenvalue weighted by molar-refractivity contribution is 5.69. The maximum absolute atomic E-state index is 11.6. The number of rotatable bonds is 18. The lowest BCUT2D eigenvalue weighted by Gasteiger charge is -2.06. The van der Waals surface area contributed by atoms with Gasteiger partial charge in [-0.2, -0.15) is 0 Å². The van der Waals surface area contributed by atoms with E-state index in [-0.39, 0.29) is 0 Å². The number of carbonyl (C=O) groups excluding carboxylic acids is 1. The van der Waals surface area contributed by atoms with Gasteiger partial charge in [-0.3, -0.25) is 0 Å². The molecule has 1 rings (SSSR count). The molecule has 0 aliphatic rings. The van der Waals surface area contributed by atoms with Crippen LogP contribution in [0.25, 0.3) is 0 Å². The first-order valence-corrected chi connectivity index (χ1v) is 11.7. The van der Waals surface area contributed by atoms with Gasteiger partial charge in [0.25, 0.3) is 0 Å². The second-order valence-corrected chi connectivity index (χ2v) is 7.79. The summed E-state index contributed by atoms with van der Waals surface area (Å²) in [7, 11) is 0. The fourth-order valence-electron chi connectivity index (χ4n) is 3.40. The lowest BCUT2D eigenvalue weighted by atomic mass is 10.0. The zero-order valence-corrected chi connectivity index (χ0v) is 18.1. The molecule has 0 unspecified atom stereocenters. The van der Waals surface area contributed by atoms with Crippen molar-refractivity contribution in [2.24, 2.45) is 0 Å². The van der Waals surface area contributed by atoms with Gasteiger partial charge in [0, 0.05) is 18.8 Å². The first kappa shape index (κ1) is 24.5. The van der Waals surface area contributed by atoms with Crippen molar-refractivity contribution in [3.05, 3.63) is 24.4 Å². The van der Waals surface area contributed by atoms with Gasteiger partial charge in [-0.15, -0.1) is 0 Å². The SMILES string of the molecule is CCCCCCCCCCCCCCCCCCNC(=O)Oc1ccccn1. The predicted octanol–water partition coefficient (Wildman–Crippen LogP) is 7.43. The summed E-state index contributed by atoms with van der Waals surface area (Å²) >= 11 is 0. The highest BCUT2D eigenvalue weighted by atomic mass is 16.6. The highest BCUT2D eigenvalue weighted by Crippen LogP contribution is 2.13. The molecular formula is C24H42N2O2. The fourth-order valence-corrected chi connectivity index (χ4v) is 3.40. The predicted molar refractivity (Wildman–Crippen MR) is 118 cm³/mol. The van der Waals surface area contributed by atoms with Crippen LogP contribution in [0.5, 0.6) is 5.88 Å². The molecule has 0 atom stereocenters. The van der Waals surface area contributed by atoms with E-state index in [1.807, 2.05) is 0 Å². The normalized spacial score (nSPS) is 10.8. The van der Waals surface area contributed by atoms with Gasteiger partial charge in [-0.05, 0) is 12.5 Å². The molecule has 1 N–H and O–H groups in total. The van der Waals surface area contributed by atoms with E-state index in [2.05, 4.69) is 17.2 Å². The third-order valence-electron chi connectivity index (χ3n) is 5.13. The number of aromatic nitrogens is 1. The summed E-state index contributed by atoms with van der Waals surface area (Å²) in [4.78, 5) is 15.6. The van der Waals surface area contributed by atoms with Crippen LogP contribution in [0.2, 0.25) is 0 Å². The van der Waals surface area contributed by atoms with Crippen LogP contribution in [0.1, 0.15) is 110 Å². The molecule has 1 aromatic heterocycles. The molecule has 1 aromatic rings. The van der Waals surface area contributed by atoms with Gasteiger partial charge in [0.1, 0.15) is 0 Å². The molecule has 1 amide bonds. The number of pyridine rings is 1. The van der Waals surface area contributed by atoms with Crippen molar-refractivity contribution >= 4 is 6.09 Å². The summed E-state index contributed by atoms with van der Waals surface area (Å²) in [6.45, 7) is 2.95. The van der Waals surface area contributed by atoms with Gasteiger partial charge in [0.2, 0.25) is 5.88 Å². The van der Waals surface area contributed by atoms with E-state index < -0.39 is 6.09 Å². The fraction of sp³-hybridized carbons (Fsp3) is 0.750. The Morgan fingerprint density at radius 3 is 1.75 bits per heavy atom. The van der Waals surface area contributed by atoms with Crippen LogP contribution in [-0.4, -0.2) is 17.6 Å². The summed E-state index contributed by atoms with van der Waals surface area (Å²) in [6.07, 6.45) is 22.9. The van der Waals surface area contributed by atoms with E-state index in [1.54, 1.807) is 24.4 Å². The van der Waals surface area contributed by atoms with Crippen molar-refractivity contribution in [3.8, 4) is 5.88 Å². The number of carbonyl (C=O) groups is 1. The molecule has 0 aliphatic carbocycles. The molecule has 160 valence electrons. The van der Waals surface area contributed by atoms with Gasteiger partial charge in [-0.25, -0.2) is 9.78 Å². The lowest BCUT2D eigenvalue weighted by Crippen LogP contribution is -2.27. The first-order valence-electron chi connectivity index (χ1n) is 11.7. The number of hydrogen-bond acceptors (Lipinski definition) is 3. The maximum Gasteiger partial charge on any atom is 0.413 e. The molecule has 1 heterocycles. The topological polar surface area (TPSA) is 51.2 Å². The number of ether oxygens (including phenoxy) is 1. The Bertz CT molecular complexity index is 465. The van der Waals surface area contributed by atoms with Crippen LogP contribution in [0.15, 0.2) is 24.4 Å². The van der Waals surface area contributed by atoms with E-state index in [4.69, 9.17) is 4.74 Å². The molecule has 0 spiro atoms. The van der Waals surface area contributed by atoms with Crippen LogP contribution in [0, 0.1) is 0 Å². The third kappa shape index (κ3) is 15.5. The zero-order valence-electron chi connectivity index (χ0n) is 18.1. The Labute approximate surface area is 172 Å². The standard InChI is InChI=1S/C24H42N2O2/c1-2-3-4-5-6-7-8-9-10-11-12-13-14-15-16-18-22-26-24(27)28-23-20-17-19-21-25-23/h17,19-21H,2-16,18,22H2,1H3,(H,26,27). The van der Waals surface area contributed by atoms with Crippen molar-refractivity contribution in [2.75, 3.05) is 6.54 Å². The van der Waals surface area contributed by atoms with Crippen LogP contribution in [0.3, 0.4) is 0 Å². The van der Waals surface area contributed by atoms with Crippen LogP contribution in [0.4, 0.5) is 4.79 Å². The summed E-state index contributed by atoms with van der Waals surface area (Å²) in [6, 6.07) is 5.26. The van der Waals surface area contributed by atoms with E-state index in [0.29, 0.717) is 12.4 Å². The molecule has 0 bridgehead atoms. The van der Waals surface area contributed by atoms with Crippen molar-refractivity contribution < 1.29 is 9.53 Å². The third-order valence-corrected chi connectivity index (χ3v) is 5.13. The minimum absolute atomic E-state index is 0.340. The Balaban J connectivity index is 1.74. The summed E-state index contributed by atoms with van der Waals surface area (Å²) in [5, 5.41) is 2.78. The zero-order chi connectivity index (χ0) is 20.1. The summed E-state index contributed by atoms with van der Waals surface area (Å²) < 4.78 is 5.08. The Kier molecular flexibility index (Phi) is 16.4. The second kappa shape index (κ2) is 18.8. The molecule has 4 nitrogen and oxygen atoms in total. The van der Waals surface area contributed by atoms with E-state index >= 15 is 0 Å². The number of nitrogens with zero attached hydrogens (tertiary/aromatic N) is 1. The average Bonchev–Trinajstić information content (AvgIpc) is 2.71. The smallest absolute Gasteiger partial charge is 0.391 e. The number of hydrogen-bond donors (Lipinski definition) is 1. The molecule has 0 aromatic carbocycles. The lowest BCUT2D eigenvalue weighted by molar-refractivity contribution is 0.198.